The molecule has 19 heavy (non-hydrogen) atoms. The number of carboxylic acids is 1. The van der Waals surface area contributed by atoms with E-state index in [1.165, 1.54) is 0 Å². The number of carboxylic acid groups (broad SMARTS) is 1. The summed E-state index contributed by atoms with van der Waals surface area (Å²) in [5.74, 6) is 0.210. The minimum absolute atomic E-state index is 0.494. The standard InChI is InChI=1S/C15H21NO3/c1-9-7-12(10(2)11(3)13(9)19-4)16-8-15(5-6-15)14(17)18/h7,16H,5-6,8H2,1-4H3,(H,17,18). The number of carbonyl (C=O) groups is 1. The third-order valence-corrected chi connectivity index (χ3v) is 4.15. The van der Waals surface area contributed by atoms with Gasteiger partial charge in [0.05, 0.1) is 12.5 Å². The van der Waals surface area contributed by atoms with Gasteiger partial charge in [-0.25, -0.2) is 0 Å². The first-order chi connectivity index (χ1) is 8.91. The highest BCUT2D eigenvalue weighted by molar-refractivity contribution is 5.79. The van der Waals surface area contributed by atoms with Gasteiger partial charge >= 0.3 is 5.97 Å². The van der Waals surface area contributed by atoms with Crippen molar-refractivity contribution in [2.45, 2.75) is 33.6 Å². The summed E-state index contributed by atoms with van der Waals surface area (Å²) in [6.45, 7) is 6.55. The Balaban J connectivity index is 2.20. The average Bonchev–Trinajstić information content (AvgIpc) is 3.14. The number of ether oxygens (including phenoxy) is 1. The molecule has 0 bridgehead atoms. The molecule has 0 radical (unpaired) electrons. The van der Waals surface area contributed by atoms with Crippen LogP contribution in [0.5, 0.6) is 5.75 Å². The lowest BCUT2D eigenvalue weighted by atomic mass is 10.0. The maximum absolute atomic E-state index is 11.2. The van der Waals surface area contributed by atoms with Crippen molar-refractivity contribution in [1.29, 1.82) is 0 Å². The van der Waals surface area contributed by atoms with Crippen LogP contribution in [-0.4, -0.2) is 24.7 Å². The number of anilines is 1. The van der Waals surface area contributed by atoms with Crippen molar-refractivity contribution in [3.63, 3.8) is 0 Å². The lowest BCUT2D eigenvalue weighted by molar-refractivity contribution is -0.142. The second-order valence-electron chi connectivity index (χ2n) is 5.46. The number of nitrogens with one attached hydrogen (secondary N) is 1. The van der Waals surface area contributed by atoms with Gasteiger partial charge in [0.15, 0.2) is 0 Å². The highest BCUT2D eigenvalue weighted by Crippen LogP contribution is 2.46. The van der Waals surface area contributed by atoms with Crippen LogP contribution >= 0.6 is 0 Å². The molecule has 1 aromatic rings. The van der Waals surface area contributed by atoms with Crippen molar-refractivity contribution in [3.05, 3.63) is 22.8 Å². The number of hydrogen-bond donors (Lipinski definition) is 2. The second kappa shape index (κ2) is 4.76. The van der Waals surface area contributed by atoms with Crippen molar-refractivity contribution >= 4 is 11.7 Å². The summed E-state index contributed by atoms with van der Waals surface area (Å²) in [5.41, 5.74) is 3.74. The first-order valence-corrected chi connectivity index (χ1v) is 6.53. The van der Waals surface area contributed by atoms with Crippen molar-refractivity contribution < 1.29 is 14.6 Å². The fourth-order valence-corrected chi connectivity index (χ4v) is 2.44. The molecule has 2 rings (SSSR count). The zero-order valence-electron chi connectivity index (χ0n) is 12.0. The van der Waals surface area contributed by atoms with Gasteiger partial charge in [-0.1, -0.05) is 0 Å². The van der Waals surface area contributed by atoms with Crippen LogP contribution < -0.4 is 10.1 Å². The van der Waals surface area contributed by atoms with Crippen molar-refractivity contribution in [2.75, 3.05) is 19.0 Å². The molecule has 1 aliphatic carbocycles. The van der Waals surface area contributed by atoms with E-state index in [2.05, 4.69) is 5.32 Å². The summed E-state index contributed by atoms with van der Waals surface area (Å²) in [6, 6.07) is 2.03. The van der Waals surface area contributed by atoms with Gasteiger partial charge in [-0.15, -0.1) is 0 Å². The van der Waals surface area contributed by atoms with Gasteiger partial charge in [0, 0.05) is 12.2 Å². The summed E-state index contributed by atoms with van der Waals surface area (Å²) in [7, 11) is 1.67. The normalized spacial score (nSPS) is 16.0. The predicted molar refractivity (Wildman–Crippen MR) is 75.0 cm³/mol. The Labute approximate surface area is 113 Å². The highest BCUT2D eigenvalue weighted by atomic mass is 16.5. The van der Waals surface area contributed by atoms with Crippen LogP contribution in [0.2, 0.25) is 0 Å². The fourth-order valence-electron chi connectivity index (χ4n) is 2.44. The second-order valence-corrected chi connectivity index (χ2v) is 5.46. The molecular weight excluding hydrogens is 242 g/mol. The Morgan fingerprint density at radius 1 is 1.37 bits per heavy atom. The molecule has 0 amide bonds. The van der Waals surface area contributed by atoms with Crippen LogP contribution in [0.4, 0.5) is 5.69 Å². The fraction of sp³-hybridized carbons (Fsp3) is 0.533. The minimum atomic E-state index is -0.695. The van der Waals surface area contributed by atoms with Gasteiger partial charge in [0.2, 0.25) is 0 Å². The average molecular weight is 263 g/mol. The molecule has 0 aliphatic heterocycles. The maximum Gasteiger partial charge on any atom is 0.311 e. The van der Waals surface area contributed by atoms with Crippen molar-refractivity contribution in [3.8, 4) is 5.75 Å². The van der Waals surface area contributed by atoms with E-state index in [4.69, 9.17) is 4.74 Å². The molecule has 1 aliphatic rings. The van der Waals surface area contributed by atoms with Gasteiger partial charge in [0.1, 0.15) is 5.75 Å². The highest BCUT2D eigenvalue weighted by Gasteiger charge is 2.50. The van der Waals surface area contributed by atoms with E-state index in [0.29, 0.717) is 6.54 Å². The third-order valence-electron chi connectivity index (χ3n) is 4.15. The number of aryl methyl sites for hydroxylation is 1. The molecule has 0 unspecified atom stereocenters. The zero-order chi connectivity index (χ0) is 14.2. The van der Waals surface area contributed by atoms with Crippen LogP contribution in [0.15, 0.2) is 6.07 Å². The number of rotatable bonds is 5. The summed E-state index contributed by atoms with van der Waals surface area (Å²) in [5, 5.41) is 12.5. The van der Waals surface area contributed by atoms with Gasteiger partial charge in [-0.05, 0) is 56.4 Å². The van der Waals surface area contributed by atoms with E-state index in [9.17, 15) is 9.90 Å². The summed E-state index contributed by atoms with van der Waals surface area (Å²) in [6.07, 6.45) is 1.53. The van der Waals surface area contributed by atoms with Gasteiger partial charge in [-0.2, -0.15) is 0 Å². The Kier molecular flexibility index (Phi) is 3.43. The van der Waals surface area contributed by atoms with E-state index in [-0.39, 0.29) is 0 Å². The van der Waals surface area contributed by atoms with Gasteiger partial charge < -0.3 is 15.2 Å². The minimum Gasteiger partial charge on any atom is -0.496 e. The Morgan fingerprint density at radius 2 is 2.00 bits per heavy atom. The Morgan fingerprint density at radius 3 is 2.47 bits per heavy atom. The molecule has 0 atom stereocenters. The van der Waals surface area contributed by atoms with Crippen LogP contribution in [0.3, 0.4) is 0 Å². The monoisotopic (exact) mass is 263 g/mol. The molecule has 1 saturated carbocycles. The van der Waals surface area contributed by atoms with Crippen molar-refractivity contribution in [2.24, 2.45) is 5.41 Å². The molecular formula is C15H21NO3. The van der Waals surface area contributed by atoms with Gasteiger partial charge in [-0.3, -0.25) is 4.79 Å². The SMILES string of the molecule is COc1c(C)cc(NCC2(C(=O)O)CC2)c(C)c1C. The largest absolute Gasteiger partial charge is 0.496 e. The van der Waals surface area contributed by atoms with E-state index in [1.807, 2.05) is 26.8 Å². The number of hydrogen-bond acceptors (Lipinski definition) is 3. The number of benzene rings is 1. The first-order valence-electron chi connectivity index (χ1n) is 6.53. The molecule has 0 saturated heterocycles. The predicted octanol–water partition coefficient (Wildman–Crippen LogP) is 2.90. The summed E-state index contributed by atoms with van der Waals surface area (Å²) < 4.78 is 5.39. The van der Waals surface area contributed by atoms with Gasteiger partial charge in [0.25, 0.3) is 0 Å². The quantitative estimate of drug-likeness (QED) is 0.857. The Hall–Kier alpha value is -1.71. The molecule has 0 spiro atoms. The van der Waals surface area contributed by atoms with Crippen LogP contribution in [-0.2, 0) is 4.79 Å². The first kappa shape index (κ1) is 13.7. The van der Waals surface area contributed by atoms with E-state index < -0.39 is 11.4 Å². The molecule has 104 valence electrons. The van der Waals surface area contributed by atoms with E-state index >= 15 is 0 Å². The lowest BCUT2D eigenvalue weighted by Crippen LogP contribution is -2.24. The summed E-state index contributed by atoms with van der Waals surface area (Å²) in [4.78, 5) is 11.2. The van der Waals surface area contributed by atoms with Crippen LogP contribution in [0.25, 0.3) is 0 Å². The maximum atomic E-state index is 11.2. The van der Waals surface area contributed by atoms with Crippen molar-refractivity contribution in [1.82, 2.24) is 0 Å². The number of methoxy groups -OCH3 is 1. The molecule has 4 heteroatoms. The third kappa shape index (κ3) is 2.39. The topological polar surface area (TPSA) is 58.6 Å². The van der Waals surface area contributed by atoms with Crippen LogP contribution in [0, 0.1) is 26.2 Å². The molecule has 1 fully saturated rings. The summed E-state index contributed by atoms with van der Waals surface area (Å²) >= 11 is 0. The van der Waals surface area contributed by atoms with E-state index in [0.717, 1.165) is 41.0 Å². The van der Waals surface area contributed by atoms with E-state index in [1.54, 1.807) is 7.11 Å². The lowest BCUT2D eigenvalue weighted by Gasteiger charge is -2.18. The smallest absolute Gasteiger partial charge is 0.311 e. The molecule has 2 N–H and O–H groups in total. The molecule has 0 heterocycles. The molecule has 1 aromatic carbocycles. The Bertz CT molecular complexity index is 519. The molecule has 4 nitrogen and oxygen atoms in total. The molecule has 0 aromatic heterocycles. The number of aliphatic carboxylic acids is 1. The zero-order valence-corrected chi connectivity index (χ0v) is 12.0. The van der Waals surface area contributed by atoms with Crippen LogP contribution in [0.1, 0.15) is 29.5 Å².